The van der Waals surface area contributed by atoms with Crippen molar-refractivity contribution in [3.63, 3.8) is 0 Å². The van der Waals surface area contributed by atoms with Crippen LogP contribution >= 0.6 is 0 Å². The van der Waals surface area contributed by atoms with Gasteiger partial charge in [-0.25, -0.2) is 0 Å². The molecular formula is C11H16O3. The third kappa shape index (κ3) is 2.77. The Kier molecular flexibility index (Phi) is 2.90. The molecule has 0 amide bonds. The number of carbonyl (C=O) groups is 2. The van der Waals surface area contributed by atoms with Crippen LogP contribution < -0.4 is 0 Å². The second-order valence-corrected chi connectivity index (χ2v) is 4.95. The van der Waals surface area contributed by atoms with Crippen molar-refractivity contribution in [3.8, 4) is 0 Å². The molecule has 14 heavy (non-hydrogen) atoms. The number of allylic oxidation sites excluding steroid dienone is 1. The summed E-state index contributed by atoms with van der Waals surface area (Å²) in [5, 5.41) is 9.73. The summed E-state index contributed by atoms with van der Waals surface area (Å²) < 4.78 is 0. The van der Waals surface area contributed by atoms with E-state index < -0.39 is 6.10 Å². The molecular weight excluding hydrogens is 180 g/mol. The summed E-state index contributed by atoms with van der Waals surface area (Å²) >= 11 is 0. The molecule has 0 aromatic rings. The Bertz CT molecular complexity index is 294. The summed E-state index contributed by atoms with van der Waals surface area (Å²) in [4.78, 5) is 22.2. The topological polar surface area (TPSA) is 54.4 Å². The first-order valence-corrected chi connectivity index (χ1v) is 4.75. The number of hydrogen-bond acceptors (Lipinski definition) is 3. The van der Waals surface area contributed by atoms with Gasteiger partial charge < -0.3 is 5.11 Å². The Morgan fingerprint density at radius 3 is 2.36 bits per heavy atom. The second kappa shape index (κ2) is 3.65. The molecule has 0 heterocycles. The number of carbonyl (C=O) groups excluding carboxylic acids is 2. The maximum absolute atomic E-state index is 11.3. The molecule has 1 N–H and O–H groups in total. The van der Waals surface area contributed by atoms with Gasteiger partial charge in [-0.2, -0.15) is 0 Å². The van der Waals surface area contributed by atoms with Crippen LogP contribution in [0.25, 0.3) is 0 Å². The lowest BCUT2D eigenvalue weighted by atomic mass is 9.86. The van der Waals surface area contributed by atoms with Crippen molar-refractivity contribution in [3.05, 3.63) is 11.6 Å². The molecule has 0 bridgehead atoms. The van der Waals surface area contributed by atoms with Gasteiger partial charge in [-0.3, -0.25) is 9.59 Å². The van der Waals surface area contributed by atoms with Crippen LogP contribution in [0.3, 0.4) is 0 Å². The van der Waals surface area contributed by atoms with Crippen LogP contribution in [0.2, 0.25) is 0 Å². The number of rotatable bonds is 2. The summed E-state index contributed by atoms with van der Waals surface area (Å²) in [6, 6.07) is 0. The highest BCUT2D eigenvalue weighted by atomic mass is 16.3. The predicted molar refractivity (Wildman–Crippen MR) is 52.8 cm³/mol. The van der Waals surface area contributed by atoms with Crippen LogP contribution in [0.1, 0.15) is 33.6 Å². The number of ketones is 2. The summed E-state index contributed by atoms with van der Waals surface area (Å²) in [5.41, 5.74) is 0.233. The number of aliphatic hydroxyl groups excluding tert-OH is 1. The quantitative estimate of drug-likeness (QED) is 0.676. The highest BCUT2D eigenvalue weighted by Crippen LogP contribution is 2.26. The molecule has 0 saturated carbocycles. The minimum Gasteiger partial charge on any atom is -0.388 e. The lowest BCUT2D eigenvalue weighted by Gasteiger charge is -2.22. The third-order valence-electron chi connectivity index (χ3n) is 2.14. The van der Waals surface area contributed by atoms with Gasteiger partial charge in [-0.1, -0.05) is 20.8 Å². The van der Waals surface area contributed by atoms with E-state index >= 15 is 0 Å². The fraction of sp³-hybridized carbons (Fsp3) is 0.636. The van der Waals surface area contributed by atoms with E-state index in [1.807, 2.05) is 20.8 Å². The molecule has 3 heteroatoms. The zero-order chi connectivity index (χ0) is 10.9. The van der Waals surface area contributed by atoms with Crippen molar-refractivity contribution >= 4 is 11.6 Å². The van der Waals surface area contributed by atoms with Gasteiger partial charge in [0, 0.05) is 5.57 Å². The highest BCUT2D eigenvalue weighted by Gasteiger charge is 2.29. The molecule has 0 fully saturated rings. The molecule has 0 aromatic carbocycles. The summed E-state index contributed by atoms with van der Waals surface area (Å²) in [6.45, 7) is 5.95. The van der Waals surface area contributed by atoms with Gasteiger partial charge in [0.15, 0.2) is 11.6 Å². The normalized spacial score (nSPS) is 19.9. The van der Waals surface area contributed by atoms with Gasteiger partial charge in [0.1, 0.15) is 0 Å². The zero-order valence-corrected chi connectivity index (χ0v) is 8.83. The van der Waals surface area contributed by atoms with Crippen molar-refractivity contribution in [1.29, 1.82) is 0 Å². The number of aliphatic hydroxyl groups is 1. The average Bonchev–Trinajstić information content (AvgIpc) is 2.26. The van der Waals surface area contributed by atoms with Crippen LogP contribution in [-0.2, 0) is 9.59 Å². The Labute approximate surface area is 83.8 Å². The molecule has 1 aliphatic carbocycles. The first kappa shape index (κ1) is 11.1. The first-order chi connectivity index (χ1) is 6.29. The Morgan fingerprint density at radius 1 is 1.43 bits per heavy atom. The second-order valence-electron chi connectivity index (χ2n) is 4.95. The van der Waals surface area contributed by atoms with E-state index in [0.29, 0.717) is 6.42 Å². The summed E-state index contributed by atoms with van der Waals surface area (Å²) in [5.74, 6) is -0.426. The van der Waals surface area contributed by atoms with Crippen LogP contribution in [-0.4, -0.2) is 22.8 Å². The maximum atomic E-state index is 11.3. The molecule has 0 saturated heterocycles. The molecule has 0 aromatic heterocycles. The minimum absolute atomic E-state index is 0.0494. The van der Waals surface area contributed by atoms with E-state index in [9.17, 15) is 14.7 Å². The van der Waals surface area contributed by atoms with Gasteiger partial charge in [-0.05, 0) is 17.9 Å². The SMILES string of the molecule is CC(C)(C)CC(O)C1=CC(=O)CC1=O. The molecule has 3 nitrogen and oxygen atoms in total. The van der Waals surface area contributed by atoms with E-state index in [1.165, 1.54) is 6.08 Å². The number of hydrogen-bond donors (Lipinski definition) is 1. The van der Waals surface area contributed by atoms with Gasteiger partial charge in [0.2, 0.25) is 0 Å². The van der Waals surface area contributed by atoms with Crippen molar-refractivity contribution < 1.29 is 14.7 Å². The molecule has 0 radical (unpaired) electrons. The highest BCUT2D eigenvalue weighted by molar-refractivity contribution is 6.19. The predicted octanol–water partition coefficient (Wildman–Crippen LogP) is 1.25. The fourth-order valence-corrected chi connectivity index (χ4v) is 1.54. The molecule has 0 aliphatic heterocycles. The first-order valence-electron chi connectivity index (χ1n) is 4.75. The molecule has 1 rings (SSSR count). The molecule has 78 valence electrons. The van der Waals surface area contributed by atoms with Gasteiger partial charge in [-0.15, -0.1) is 0 Å². The largest absolute Gasteiger partial charge is 0.388 e. The lowest BCUT2D eigenvalue weighted by molar-refractivity contribution is -0.121. The zero-order valence-electron chi connectivity index (χ0n) is 8.83. The lowest BCUT2D eigenvalue weighted by Crippen LogP contribution is -2.22. The average molecular weight is 196 g/mol. The third-order valence-corrected chi connectivity index (χ3v) is 2.14. The van der Waals surface area contributed by atoms with Crippen molar-refractivity contribution in [1.82, 2.24) is 0 Å². The monoisotopic (exact) mass is 196 g/mol. The van der Waals surface area contributed by atoms with Crippen molar-refractivity contribution in [2.75, 3.05) is 0 Å². The van der Waals surface area contributed by atoms with Crippen LogP contribution in [0, 0.1) is 5.41 Å². The van der Waals surface area contributed by atoms with Crippen LogP contribution in [0.4, 0.5) is 0 Å². The van der Waals surface area contributed by atoms with Crippen LogP contribution in [0.15, 0.2) is 11.6 Å². The molecule has 1 atom stereocenters. The van der Waals surface area contributed by atoms with E-state index in [1.54, 1.807) is 0 Å². The van der Waals surface area contributed by atoms with Crippen molar-refractivity contribution in [2.24, 2.45) is 5.41 Å². The number of Topliss-reactive ketones (excluding diaryl/α,β-unsaturated/α-hetero) is 1. The Hall–Kier alpha value is -0.960. The van der Waals surface area contributed by atoms with Crippen molar-refractivity contribution in [2.45, 2.75) is 39.7 Å². The Morgan fingerprint density at radius 2 is 2.00 bits per heavy atom. The van der Waals surface area contributed by atoms with Gasteiger partial charge >= 0.3 is 0 Å². The molecule has 1 aliphatic rings. The van der Waals surface area contributed by atoms with Crippen LogP contribution in [0.5, 0.6) is 0 Å². The van der Waals surface area contributed by atoms with E-state index in [-0.39, 0.29) is 29.0 Å². The van der Waals surface area contributed by atoms with Gasteiger partial charge in [0.05, 0.1) is 12.5 Å². The Balaban J connectivity index is 2.71. The molecule has 1 unspecified atom stereocenters. The maximum Gasteiger partial charge on any atom is 0.169 e. The van der Waals surface area contributed by atoms with E-state index in [4.69, 9.17) is 0 Å². The summed E-state index contributed by atoms with van der Waals surface area (Å²) in [6.07, 6.45) is 0.904. The standard InChI is InChI=1S/C11H16O3/c1-11(2,3)6-10(14)8-4-7(12)5-9(8)13/h4,10,14H,5-6H2,1-3H3. The smallest absolute Gasteiger partial charge is 0.169 e. The fourth-order valence-electron chi connectivity index (χ4n) is 1.54. The van der Waals surface area contributed by atoms with E-state index in [2.05, 4.69) is 0 Å². The van der Waals surface area contributed by atoms with Gasteiger partial charge in [0.25, 0.3) is 0 Å². The minimum atomic E-state index is -0.797. The molecule has 0 spiro atoms. The summed E-state index contributed by atoms with van der Waals surface area (Å²) in [7, 11) is 0. The van der Waals surface area contributed by atoms with E-state index in [0.717, 1.165) is 0 Å².